The van der Waals surface area contributed by atoms with Gasteiger partial charge in [-0.3, -0.25) is 0 Å². The zero-order chi connectivity index (χ0) is 13.3. The van der Waals surface area contributed by atoms with Gasteiger partial charge in [-0.05, 0) is 38.0 Å². The Kier molecular flexibility index (Phi) is 3.88. The van der Waals surface area contributed by atoms with Crippen LogP contribution in [0.25, 0.3) is 0 Å². The van der Waals surface area contributed by atoms with E-state index in [1.807, 2.05) is 6.07 Å². The Hall–Kier alpha value is -1.13. The topological polar surface area (TPSA) is 32.7 Å². The molecule has 2 atom stereocenters. The number of hydrogen-bond donors (Lipinski definition) is 1. The third kappa shape index (κ3) is 2.49. The van der Waals surface area contributed by atoms with Gasteiger partial charge in [-0.15, -0.1) is 0 Å². The fourth-order valence-electron chi connectivity index (χ4n) is 2.43. The largest absolute Gasteiger partial charge is 0.389 e. The average molecular weight is 253 g/mol. The van der Waals surface area contributed by atoms with Crippen molar-refractivity contribution in [3.8, 4) is 0 Å². The van der Waals surface area contributed by atoms with Gasteiger partial charge in [0.2, 0.25) is 0 Å². The van der Waals surface area contributed by atoms with Gasteiger partial charge in [-0.1, -0.05) is 0 Å². The Labute approximate surface area is 107 Å². The molecule has 2 rings (SSSR count). The molecule has 1 heterocycles. The average Bonchev–Trinajstić information content (AvgIpc) is 2.80. The number of benzene rings is 1. The van der Waals surface area contributed by atoms with Crippen LogP contribution in [-0.2, 0) is 4.74 Å². The van der Waals surface area contributed by atoms with E-state index in [0.717, 1.165) is 25.2 Å². The summed E-state index contributed by atoms with van der Waals surface area (Å²) in [6.45, 7) is 5.08. The Morgan fingerprint density at radius 2 is 2.22 bits per heavy atom. The van der Waals surface area contributed by atoms with E-state index in [-0.39, 0.29) is 11.9 Å². The van der Waals surface area contributed by atoms with Crippen LogP contribution in [-0.4, -0.2) is 31.4 Å². The van der Waals surface area contributed by atoms with Crippen LogP contribution in [0.4, 0.5) is 10.1 Å². The summed E-state index contributed by atoms with van der Waals surface area (Å²) >= 11 is 0. The molecule has 0 spiro atoms. The molecule has 1 N–H and O–H groups in total. The highest BCUT2D eigenvalue weighted by Gasteiger charge is 2.25. The molecule has 0 amide bonds. The maximum Gasteiger partial charge on any atom is 0.126 e. The normalized spacial score (nSPS) is 21.4. The smallest absolute Gasteiger partial charge is 0.126 e. The van der Waals surface area contributed by atoms with Crippen molar-refractivity contribution >= 4 is 5.69 Å². The minimum Gasteiger partial charge on any atom is -0.389 e. The van der Waals surface area contributed by atoms with E-state index in [1.54, 1.807) is 21.0 Å². The first-order valence-corrected chi connectivity index (χ1v) is 6.28. The zero-order valence-corrected chi connectivity index (χ0v) is 11.1. The van der Waals surface area contributed by atoms with Crippen LogP contribution in [0.3, 0.4) is 0 Å². The highest BCUT2D eigenvalue weighted by Crippen LogP contribution is 2.31. The van der Waals surface area contributed by atoms with Crippen molar-refractivity contribution in [1.29, 1.82) is 0 Å². The number of aryl methyl sites for hydroxylation is 1. The maximum absolute atomic E-state index is 13.6. The fourth-order valence-corrected chi connectivity index (χ4v) is 2.43. The van der Waals surface area contributed by atoms with Crippen molar-refractivity contribution in [2.75, 3.05) is 25.1 Å². The van der Waals surface area contributed by atoms with Gasteiger partial charge in [0, 0.05) is 31.5 Å². The van der Waals surface area contributed by atoms with Crippen LogP contribution >= 0.6 is 0 Å². The van der Waals surface area contributed by atoms with E-state index in [1.165, 1.54) is 6.07 Å². The Balaban J connectivity index is 2.34. The van der Waals surface area contributed by atoms with Crippen molar-refractivity contribution in [2.45, 2.75) is 32.5 Å². The van der Waals surface area contributed by atoms with E-state index < -0.39 is 6.10 Å². The number of ether oxygens (including phenoxy) is 1. The van der Waals surface area contributed by atoms with Crippen molar-refractivity contribution in [2.24, 2.45) is 0 Å². The molecule has 1 unspecified atom stereocenters. The first-order valence-electron chi connectivity index (χ1n) is 6.28. The molecule has 1 saturated heterocycles. The minimum atomic E-state index is -0.670. The molecule has 1 aromatic carbocycles. The summed E-state index contributed by atoms with van der Waals surface area (Å²) in [5.74, 6) is -0.267. The SMILES string of the molecule is COC1CCN(c2cc(C)c(F)cc2[C@H](C)O)C1. The van der Waals surface area contributed by atoms with Crippen LogP contribution < -0.4 is 4.90 Å². The van der Waals surface area contributed by atoms with E-state index in [4.69, 9.17) is 4.74 Å². The highest BCUT2D eigenvalue weighted by atomic mass is 19.1. The first kappa shape index (κ1) is 13.3. The van der Waals surface area contributed by atoms with Crippen LogP contribution in [0.2, 0.25) is 0 Å². The van der Waals surface area contributed by atoms with Gasteiger partial charge in [0.05, 0.1) is 12.2 Å². The minimum absolute atomic E-state index is 0.220. The third-order valence-electron chi connectivity index (χ3n) is 3.58. The Bertz CT molecular complexity index is 434. The molecular formula is C14H20FNO2. The first-order chi connectivity index (χ1) is 8.52. The molecule has 4 heteroatoms. The number of rotatable bonds is 3. The Morgan fingerprint density at radius 1 is 1.50 bits per heavy atom. The summed E-state index contributed by atoms with van der Waals surface area (Å²) in [4.78, 5) is 2.16. The van der Waals surface area contributed by atoms with E-state index >= 15 is 0 Å². The number of hydrogen-bond acceptors (Lipinski definition) is 3. The monoisotopic (exact) mass is 253 g/mol. The molecule has 0 aliphatic carbocycles. The summed E-state index contributed by atoms with van der Waals surface area (Å²) in [6.07, 6.45) is 0.514. The van der Waals surface area contributed by atoms with Gasteiger partial charge < -0.3 is 14.7 Å². The number of methoxy groups -OCH3 is 1. The molecule has 100 valence electrons. The second-order valence-electron chi connectivity index (χ2n) is 4.93. The fraction of sp³-hybridized carbons (Fsp3) is 0.571. The van der Waals surface area contributed by atoms with E-state index in [9.17, 15) is 9.50 Å². The van der Waals surface area contributed by atoms with Crippen molar-refractivity contribution in [1.82, 2.24) is 0 Å². The van der Waals surface area contributed by atoms with Gasteiger partial charge in [0.25, 0.3) is 0 Å². The van der Waals surface area contributed by atoms with Gasteiger partial charge >= 0.3 is 0 Å². The van der Waals surface area contributed by atoms with Crippen LogP contribution in [0.15, 0.2) is 12.1 Å². The summed E-state index contributed by atoms with van der Waals surface area (Å²) in [7, 11) is 1.71. The lowest BCUT2D eigenvalue weighted by Gasteiger charge is -2.24. The standard InChI is InChI=1S/C14H20FNO2/c1-9-6-14(12(10(2)17)7-13(9)15)16-5-4-11(8-16)18-3/h6-7,10-11,17H,4-5,8H2,1-3H3/t10-,11?/m0/s1. The number of aliphatic hydroxyl groups is 1. The molecule has 1 aliphatic rings. The van der Waals surface area contributed by atoms with Crippen LogP contribution in [0.5, 0.6) is 0 Å². The number of aliphatic hydroxyl groups excluding tert-OH is 1. The summed E-state index contributed by atoms with van der Waals surface area (Å²) in [5.41, 5.74) is 2.17. The summed E-state index contributed by atoms with van der Waals surface area (Å²) in [6, 6.07) is 3.25. The molecule has 1 aromatic rings. The highest BCUT2D eigenvalue weighted by molar-refractivity contribution is 5.57. The molecule has 18 heavy (non-hydrogen) atoms. The van der Waals surface area contributed by atoms with E-state index in [2.05, 4.69) is 4.90 Å². The van der Waals surface area contributed by atoms with Crippen LogP contribution in [0.1, 0.15) is 30.6 Å². The van der Waals surface area contributed by atoms with E-state index in [0.29, 0.717) is 11.1 Å². The lowest BCUT2D eigenvalue weighted by Crippen LogP contribution is -2.24. The molecule has 0 radical (unpaired) electrons. The number of halogens is 1. The predicted molar refractivity (Wildman–Crippen MR) is 69.4 cm³/mol. The molecule has 1 fully saturated rings. The van der Waals surface area contributed by atoms with Crippen molar-refractivity contribution in [3.05, 3.63) is 29.1 Å². The molecule has 1 aliphatic heterocycles. The maximum atomic E-state index is 13.6. The van der Waals surface area contributed by atoms with Gasteiger partial charge in [0.15, 0.2) is 0 Å². The summed E-state index contributed by atoms with van der Waals surface area (Å²) < 4.78 is 18.9. The lowest BCUT2D eigenvalue weighted by atomic mass is 10.0. The van der Waals surface area contributed by atoms with Gasteiger partial charge in [-0.2, -0.15) is 0 Å². The van der Waals surface area contributed by atoms with Gasteiger partial charge in [-0.25, -0.2) is 4.39 Å². The molecule has 3 nitrogen and oxygen atoms in total. The molecule has 0 aromatic heterocycles. The van der Waals surface area contributed by atoms with Crippen molar-refractivity contribution < 1.29 is 14.2 Å². The quantitative estimate of drug-likeness (QED) is 0.898. The van der Waals surface area contributed by atoms with Crippen molar-refractivity contribution in [3.63, 3.8) is 0 Å². The molecule has 0 bridgehead atoms. The summed E-state index contributed by atoms with van der Waals surface area (Å²) in [5, 5.41) is 9.78. The second kappa shape index (κ2) is 5.24. The van der Waals surface area contributed by atoms with Gasteiger partial charge in [0.1, 0.15) is 5.82 Å². The number of anilines is 1. The molecule has 0 saturated carbocycles. The van der Waals surface area contributed by atoms with Crippen LogP contribution in [0, 0.1) is 12.7 Å². The Morgan fingerprint density at radius 3 is 2.78 bits per heavy atom. The lowest BCUT2D eigenvalue weighted by molar-refractivity contribution is 0.121. The zero-order valence-electron chi connectivity index (χ0n) is 11.1. The predicted octanol–water partition coefficient (Wildman–Crippen LogP) is 2.41. The third-order valence-corrected chi connectivity index (χ3v) is 3.58. The molecular weight excluding hydrogens is 233 g/mol. The number of nitrogens with zero attached hydrogens (tertiary/aromatic N) is 1. The second-order valence-corrected chi connectivity index (χ2v) is 4.93.